The van der Waals surface area contributed by atoms with E-state index in [0.717, 1.165) is 5.56 Å². The summed E-state index contributed by atoms with van der Waals surface area (Å²) in [6, 6.07) is 10.4. The van der Waals surface area contributed by atoms with E-state index in [-0.39, 0.29) is 41.9 Å². The van der Waals surface area contributed by atoms with E-state index < -0.39 is 61.0 Å². The SMILES string of the molecule is CC(=Cc1ccc(O[C@@H]2OC(=C(C)NOCc3ccccc3Cl)[C@@H](O)[C@@H]2F)c(N)c1)C(=O)N[C@@H]1[C@H](O)[C@@H](O)[C@H]2OCO[C@H]2[C@@H]1O. The highest BCUT2D eigenvalue weighted by Crippen LogP contribution is 2.34. The lowest BCUT2D eigenvalue weighted by Crippen LogP contribution is -2.67. The molecule has 0 unspecified atom stereocenters. The van der Waals surface area contributed by atoms with Gasteiger partial charge < -0.3 is 50.4 Å². The number of carbonyl (C=O) groups excluding carboxylic acids is 1. The first-order valence-electron chi connectivity index (χ1n) is 14.1. The van der Waals surface area contributed by atoms with Crippen LogP contribution in [0, 0.1) is 0 Å². The Bertz CT molecular complexity index is 1460. The highest BCUT2D eigenvalue weighted by atomic mass is 35.5. The third-order valence-corrected chi connectivity index (χ3v) is 8.14. The van der Waals surface area contributed by atoms with Gasteiger partial charge in [0.1, 0.15) is 49.7 Å². The van der Waals surface area contributed by atoms with E-state index >= 15 is 0 Å². The van der Waals surface area contributed by atoms with Crippen LogP contribution in [-0.4, -0.2) is 88.3 Å². The average molecular weight is 652 g/mol. The molecule has 0 bridgehead atoms. The van der Waals surface area contributed by atoms with Gasteiger partial charge >= 0.3 is 0 Å². The minimum Gasteiger partial charge on any atom is -0.451 e. The number of nitrogens with two attached hydrogens (primary N) is 1. The van der Waals surface area contributed by atoms with Crippen molar-refractivity contribution in [3.8, 4) is 5.75 Å². The molecule has 244 valence electrons. The summed E-state index contributed by atoms with van der Waals surface area (Å²) in [6.07, 6.45) is -9.56. The Morgan fingerprint density at radius 3 is 2.51 bits per heavy atom. The maximum atomic E-state index is 15.0. The number of nitrogens with one attached hydrogen (secondary N) is 2. The molecule has 15 heteroatoms. The molecule has 3 aliphatic rings. The average Bonchev–Trinajstić information content (AvgIpc) is 3.62. The van der Waals surface area contributed by atoms with Crippen LogP contribution >= 0.6 is 11.6 Å². The minimum atomic E-state index is -1.94. The number of ether oxygens (including phenoxy) is 4. The van der Waals surface area contributed by atoms with Crippen LogP contribution in [-0.2, 0) is 30.4 Å². The summed E-state index contributed by atoms with van der Waals surface area (Å²) in [5.41, 5.74) is 10.5. The number of aliphatic hydroxyl groups excluding tert-OH is 4. The zero-order valence-corrected chi connectivity index (χ0v) is 25.1. The van der Waals surface area contributed by atoms with Crippen LogP contribution in [0.2, 0.25) is 5.02 Å². The van der Waals surface area contributed by atoms with E-state index in [9.17, 15) is 29.6 Å². The molecule has 2 aromatic rings. The van der Waals surface area contributed by atoms with Gasteiger partial charge in [-0.05, 0) is 49.2 Å². The summed E-state index contributed by atoms with van der Waals surface area (Å²) in [5, 5.41) is 44.8. The van der Waals surface area contributed by atoms with E-state index in [1.807, 2.05) is 0 Å². The van der Waals surface area contributed by atoms with Crippen molar-refractivity contribution in [3.05, 3.63) is 75.6 Å². The number of hydrogen-bond donors (Lipinski definition) is 7. The largest absolute Gasteiger partial charge is 0.451 e. The van der Waals surface area contributed by atoms with Gasteiger partial charge in [-0.1, -0.05) is 35.9 Å². The number of halogens is 2. The van der Waals surface area contributed by atoms with Crippen LogP contribution < -0.4 is 21.3 Å². The molecular formula is C30H35ClFN3O10. The number of anilines is 1. The minimum absolute atomic E-state index is 0.0757. The number of nitrogen functional groups attached to an aromatic ring is 1. The van der Waals surface area contributed by atoms with E-state index in [2.05, 4.69) is 10.8 Å². The van der Waals surface area contributed by atoms with Crippen molar-refractivity contribution in [2.24, 2.45) is 0 Å². The highest BCUT2D eigenvalue weighted by molar-refractivity contribution is 6.31. The Hall–Kier alpha value is -3.47. The summed E-state index contributed by atoms with van der Waals surface area (Å²) in [5.74, 6) is -0.643. The number of hydrogen-bond acceptors (Lipinski definition) is 12. The highest BCUT2D eigenvalue weighted by Gasteiger charge is 2.53. The summed E-state index contributed by atoms with van der Waals surface area (Å²) in [4.78, 5) is 18.3. The number of alkyl halides is 1. The van der Waals surface area contributed by atoms with Gasteiger partial charge in [0.05, 0.1) is 17.4 Å². The van der Waals surface area contributed by atoms with Gasteiger partial charge in [-0.25, -0.2) is 4.39 Å². The van der Waals surface area contributed by atoms with E-state index in [1.165, 1.54) is 25.1 Å². The lowest BCUT2D eigenvalue weighted by molar-refractivity contribution is -0.155. The molecule has 1 aliphatic carbocycles. The smallest absolute Gasteiger partial charge is 0.274 e. The summed E-state index contributed by atoms with van der Waals surface area (Å²) < 4.78 is 36.6. The molecule has 2 aromatic carbocycles. The molecular weight excluding hydrogens is 617 g/mol. The van der Waals surface area contributed by atoms with Crippen LogP contribution in [0.1, 0.15) is 25.0 Å². The van der Waals surface area contributed by atoms with Crippen LogP contribution in [0.3, 0.4) is 0 Å². The molecule has 0 radical (unpaired) electrons. The summed E-state index contributed by atoms with van der Waals surface area (Å²) >= 11 is 6.12. The van der Waals surface area contributed by atoms with E-state index in [1.54, 1.807) is 37.3 Å². The molecule has 1 amide bonds. The van der Waals surface area contributed by atoms with Gasteiger partial charge in [0.25, 0.3) is 6.29 Å². The van der Waals surface area contributed by atoms with Crippen LogP contribution in [0.5, 0.6) is 5.75 Å². The first-order chi connectivity index (χ1) is 21.5. The standard InChI is InChI=1S/C30H35ClFN3O10/c1-13(29(40)34-21-23(37)25(39)28-27(24(21)38)41-12-42-28)9-15-7-8-19(18(33)10-15)44-30-20(32)22(36)26(45-30)14(2)35-43-11-16-5-3-4-6-17(16)31/h3-10,20-25,27-28,30,35-39H,11-12,33H2,1-2H3,(H,34,40)/t20-,21+,22-,23-,24+,25+,27-,28+,30+/m0/s1. The molecule has 0 aromatic heterocycles. The third-order valence-electron chi connectivity index (χ3n) is 7.77. The normalized spacial score (nSPS) is 32.4. The maximum Gasteiger partial charge on any atom is 0.274 e. The van der Waals surface area contributed by atoms with Crippen molar-refractivity contribution in [2.45, 2.75) is 75.6 Å². The second-order valence-corrected chi connectivity index (χ2v) is 11.3. The molecule has 1 saturated carbocycles. The second-order valence-electron chi connectivity index (χ2n) is 10.9. The van der Waals surface area contributed by atoms with Crippen LogP contribution in [0.4, 0.5) is 10.1 Å². The predicted octanol–water partition coefficient (Wildman–Crippen LogP) is 1.04. The first kappa shape index (κ1) is 32.9. The Labute approximate surface area is 262 Å². The van der Waals surface area contributed by atoms with Crippen LogP contribution in [0.15, 0.2) is 59.5 Å². The number of fused-ring (bicyclic) bond motifs is 1. The number of rotatable bonds is 9. The van der Waals surface area contributed by atoms with E-state index in [0.29, 0.717) is 10.6 Å². The Kier molecular flexibility index (Phi) is 10.2. The molecule has 2 heterocycles. The number of benzene rings is 2. The molecule has 13 nitrogen and oxygen atoms in total. The van der Waals surface area contributed by atoms with Gasteiger partial charge in [-0.3, -0.25) is 15.1 Å². The van der Waals surface area contributed by atoms with Gasteiger partial charge in [0.2, 0.25) is 12.1 Å². The van der Waals surface area contributed by atoms with Crippen molar-refractivity contribution in [2.75, 3.05) is 12.5 Å². The lowest BCUT2D eigenvalue weighted by Gasteiger charge is -2.41. The second kappa shape index (κ2) is 13.9. The van der Waals surface area contributed by atoms with Crippen molar-refractivity contribution in [1.82, 2.24) is 10.8 Å². The van der Waals surface area contributed by atoms with Gasteiger partial charge in [-0.15, -0.1) is 0 Å². The quantitative estimate of drug-likeness (QED) is 0.116. The lowest BCUT2D eigenvalue weighted by atomic mass is 9.83. The summed E-state index contributed by atoms with van der Waals surface area (Å²) in [7, 11) is 0. The molecule has 8 N–H and O–H groups in total. The van der Waals surface area contributed by atoms with Crippen LogP contribution in [0.25, 0.3) is 6.08 Å². The molecule has 5 rings (SSSR count). The topological polar surface area (TPSA) is 194 Å². The number of allylic oxidation sites excluding steroid dienone is 1. The number of carbonyl (C=O) groups is 1. The van der Waals surface area contributed by atoms with Crippen molar-refractivity contribution >= 4 is 29.3 Å². The zero-order chi connectivity index (χ0) is 32.4. The summed E-state index contributed by atoms with van der Waals surface area (Å²) in [6.45, 7) is 3.01. The molecule has 0 spiro atoms. The van der Waals surface area contributed by atoms with Gasteiger partial charge in [-0.2, -0.15) is 0 Å². The maximum absolute atomic E-state index is 15.0. The molecule has 3 fully saturated rings. The van der Waals surface area contributed by atoms with Gasteiger partial charge in [0, 0.05) is 10.6 Å². The Morgan fingerprint density at radius 1 is 1.09 bits per heavy atom. The monoisotopic (exact) mass is 651 g/mol. The number of hydroxylamine groups is 1. The van der Waals surface area contributed by atoms with E-state index in [4.69, 9.17) is 41.1 Å². The zero-order valence-electron chi connectivity index (χ0n) is 24.3. The fraction of sp³-hybridized carbons (Fsp3) is 0.433. The number of aliphatic hydroxyl groups is 4. The fourth-order valence-electron chi connectivity index (χ4n) is 5.27. The van der Waals surface area contributed by atoms with Gasteiger partial charge in [0.15, 0.2) is 11.9 Å². The van der Waals surface area contributed by atoms with Crippen molar-refractivity contribution in [3.63, 3.8) is 0 Å². The Balaban J connectivity index is 1.19. The molecule has 45 heavy (non-hydrogen) atoms. The first-order valence-corrected chi connectivity index (χ1v) is 14.5. The molecule has 2 aliphatic heterocycles. The third kappa shape index (κ3) is 7.03. The Morgan fingerprint density at radius 2 is 1.80 bits per heavy atom. The number of amides is 1. The fourth-order valence-corrected chi connectivity index (χ4v) is 5.46. The molecule has 2 saturated heterocycles. The van der Waals surface area contributed by atoms with Crippen molar-refractivity contribution in [1.29, 1.82) is 0 Å². The van der Waals surface area contributed by atoms with Crippen molar-refractivity contribution < 1.29 is 53.4 Å². The predicted molar refractivity (Wildman–Crippen MR) is 158 cm³/mol. The molecule has 9 atom stereocenters.